The van der Waals surface area contributed by atoms with Gasteiger partial charge in [-0.05, 0) is 97.4 Å². The van der Waals surface area contributed by atoms with Crippen molar-refractivity contribution in [1.82, 2.24) is 4.98 Å². The molecule has 1 amide bonds. The molecule has 2 saturated carbocycles. The van der Waals surface area contributed by atoms with E-state index in [1.54, 1.807) is 24.3 Å². The Morgan fingerprint density at radius 3 is 2.61 bits per heavy atom. The van der Waals surface area contributed by atoms with Crippen LogP contribution in [0.5, 0.6) is 0 Å². The highest BCUT2D eigenvalue weighted by atomic mass is 35.5. The normalized spacial score (nSPS) is 26.0. The number of carbonyl (C=O) groups is 1. The minimum absolute atomic E-state index is 0.0288. The molecule has 1 aromatic heterocycles. The van der Waals surface area contributed by atoms with Crippen LogP contribution >= 0.6 is 11.6 Å². The van der Waals surface area contributed by atoms with Gasteiger partial charge < -0.3 is 5.32 Å². The summed E-state index contributed by atoms with van der Waals surface area (Å²) in [7, 11) is 0. The maximum Gasteiger partial charge on any atom is 0.227 e. The number of nitrogens with one attached hydrogen (secondary N) is 1. The Balaban J connectivity index is 1.25. The van der Waals surface area contributed by atoms with Crippen LogP contribution in [0.4, 0.5) is 10.1 Å². The number of aromatic nitrogens is 1. The van der Waals surface area contributed by atoms with Crippen molar-refractivity contribution in [2.24, 2.45) is 23.7 Å². The first-order valence-electron chi connectivity index (χ1n) is 11.1. The Kier molecular flexibility index (Phi) is 5.43. The number of benzene rings is 2. The molecule has 2 aromatic carbocycles. The highest BCUT2D eigenvalue weighted by molar-refractivity contribution is 6.30. The number of anilines is 1. The highest BCUT2D eigenvalue weighted by Gasteiger charge is 2.44. The predicted octanol–water partition coefficient (Wildman–Crippen LogP) is 6.82. The number of nitrogens with zero attached hydrogens (tertiary/aromatic N) is 1. The van der Waals surface area contributed by atoms with Gasteiger partial charge in [0.1, 0.15) is 5.82 Å². The smallest absolute Gasteiger partial charge is 0.227 e. The third-order valence-corrected chi connectivity index (χ3v) is 7.68. The zero-order chi connectivity index (χ0) is 21.5. The lowest BCUT2D eigenvalue weighted by Crippen LogP contribution is -2.26. The third-order valence-electron chi connectivity index (χ3n) is 7.44. The Bertz CT molecular complexity index is 1120. The van der Waals surface area contributed by atoms with Gasteiger partial charge in [0.05, 0.1) is 5.52 Å². The lowest BCUT2D eigenvalue weighted by atomic mass is 9.86. The number of hydrogen-bond donors (Lipinski definition) is 1. The van der Waals surface area contributed by atoms with Crippen LogP contribution in [0.3, 0.4) is 0 Å². The maximum atomic E-state index is 13.9. The summed E-state index contributed by atoms with van der Waals surface area (Å²) in [6.07, 6.45) is 6.24. The van der Waals surface area contributed by atoms with Crippen LogP contribution in [0.25, 0.3) is 10.9 Å². The van der Waals surface area contributed by atoms with Crippen molar-refractivity contribution in [3.8, 4) is 0 Å². The first-order valence-corrected chi connectivity index (χ1v) is 11.5. The van der Waals surface area contributed by atoms with Crippen LogP contribution < -0.4 is 5.32 Å². The Hall–Kier alpha value is -2.46. The van der Waals surface area contributed by atoms with E-state index in [9.17, 15) is 9.18 Å². The zero-order valence-electron chi connectivity index (χ0n) is 17.5. The molecule has 31 heavy (non-hydrogen) atoms. The van der Waals surface area contributed by atoms with E-state index in [4.69, 9.17) is 11.6 Å². The molecule has 1 heterocycles. The third kappa shape index (κ3) is 4.06. The van der Waals surface area contributed by atoms with Crippen molar-refractivity contribution in [2.75, 3.05) is 5.32 Å². The van der Waals surface area contributed by atoms with Crippen LogP contribution in [0.1, 0.15) is 44.1 Å². The number of carbonyl (C=O) groups excluding carboxylic acids is 1. The van der Waals surface area contributed by atoms with Crippen molar-refractivity contribution in [1.29, 1.82) is 0 Å². The quantitative estimate of drug-likeness (QED) is 0.487. The molecule has 3 aromatic rings. The van der Waals surface area contributed by atoms with Gasteiger partial charge in [-0.2, -0.15) is 0 Å². The van der Waals surface area contributed by atoms with E-state index in [2.05, 4.69) is 16.4 Å². The number of pyridine rings is 1. The average molecular weight is 437 g/mol. The molecule has 2 aliphatic rings. The molecule has 0 spiro atoms. The molecule has 2 fully saturated rings. The summed E-state index contributed by atoms with van der Waals surface area (Å²) in [6, 6.07) is 14.2. The zero-order valence-corrected chi connectivity index (χ0v) is 18.3. The lowest BCUT2D eigenvalue weighted by molar-refractivity contribution is -0.120. The molecular weight excluding hydrogens is 411 g/mol. The summed E-state index contributed by atoms with van der Waals surface area (Å²) in [5.74, 6) is 1.94. The second-order valence-corrected chi connectivity index (χ2v) is 9.71. The van der Waals surface area contributed by atoms with Crippen LogP contribution in [0, 0.1) is 29.5 Å². The van der Waals surface area contributed by atoms with E-state index in [1.165, 1.54) is 11.6 Å². The van der Waals surface area contributed by atoms with Gasteiger partial charge in [-0.3, -0.25) is 9.78 Å². The molecule has 5 rings (SSSR count). The Morgan fingerprint density at radius 1 is 1.10 bits per heavy atom. The van der Waals surface area contributed by atoms with Crippen LogP contribution in [-0.4, -0.2) is 10.9 Å². The van der Waals surface area contributed by atoms with E-state index in [1.807, 2.05) is 25.3 Å². The van der Waals surface area contributed by atoms with Crippen molar-refractivity contribution >= 4 is 34.1 Å². The SMILES string of the molecule is CC(C(=O)Nc1cccc(Cl)c1)[C@H]1C[C@H]2C[C@@H](c3ccnc4ccc(F)cc34)C[C@H]2C1. The summed E-state index contributed by atoms with van der Waals surface area (Å²) in [5, 5.41) is 4.58. The molecule has 0 radical (unpaired) electrons. The summed E-state index contributed by atoms with van der Waals surface area (Å²) >= 11 is 6.03. The molecule has 5 heteroatoms. The minimum atomic E-state index is -0.209. The minimum Gasteiger partial charge on any atom is -0.326 e. The first kappa shape index (κ1) is 20.4. The van der Waals surface area contributed by atoms with E-state index in [0.717, 1.165) is 42.3 Å². The van der Waals surface area contributed by atoms with Crippen LogP contribution in [0.15, 0.2) is 54.7 Å². The fraction of sp³-hybridized carbons (Fsp3) is 0.385. The molecular formula is C26H26ClFN2O. The topological polar surface area (TPSA) is 42.0 Å². The molecule has 1 N–H and O–H groups in total. The molecule has 0 aliphatic heterocycles. The second kappa shape index (κ2) is 8.23. The number of amides is 1. The van der Waals surface area contributed by atoms with Gasteiger partial charge in [0.15, 0.2) is 0 Å². The Morgan fingerprint density at radius 2 is 1.87 bits per heavy atom. The summed E-state index contributed by atoms with van der Waals surface area (Å²) in [6.45, 7) is 2.04. The monoisotopic (exact) mass is 436 g/mol. The molecule has 160 valence electrons. The number of fused-ring (bicyclic) bond motifs is 2. The van der Waals surface area contributed by atoms with E-state index < -0.39 is 0 Å². The van der Waals surface area contributed by atoms with Gasteiger partial charge >= 0.3 is 0 Å². The van der Waals surface area contributed by atoms with E-state index in [0.29, 0.717) is 28.7 Å². The van der Waals surface area contributed by atoms with Crippen molar-refractivity contribution < 1.29 is 9.18 Å². The second-order valence-electron chi connectivity index (χ2n) is 9.27. The summed E-state index contributed by atoms with van der Waals surface area (Å²) in [4.78, 5) is 17.2. The molecule has 1 unspecified atom stereocenters. The van der Waals surface area contributed by atoms with Crippen LogP contribution in [-0.2, 0) is 4.79 Å². The van der Waals surface area contributed by atoms with E-state index >= 15 is 0 Å². The molecule has 0 bridgehead atoms. The van der Waals surface area contributed by atoms with Gasteiger partial charge in [-0.1, -0.05) is 24.6 Å². The van der Waals surface area contributed by atoms with Gasteiger partial charge in [-0.25, -0.2) is 4.39 Å². The fourth-order valence-corrected chi connectivity index (χ4v) is 6.05. The maximum absolute atomic E-state index is 13.9. The van der Waals surface area contributed by atoms with Gasteiger partial charge in [0.2, 0.25) is 5.91 Å². The van der Waals surface area contributed by atoms with Crippen molar-refractivity contribution in [3.05, 3.63) is 71.1 Å². The highest BCUT2D eigenvalue weighted by Crippen LogP contribution is 2.54. The number of hydrogen-bond acceptors (Lipinski definition) is 2. The summed E-state index contributed by atoms with van der Waals surface area (Å²) < 4.78 is 13.9. The molecule has 5 atom stereocenters. The summed E-state index contributed by atoms with van der Waals surface area (Å²) in [5.41, 5.74) is 2.83. The number of rotatable bonds is 4. The lowest BCUT2D eigenvalue weighted by Gasteiger charge is -2.21. The molecule has 0 saturated heterocycles. The van der Waals surface area contributed by atoms with E-state index in [-0.39, 0.29) is 17.6 Å². The van der Waals surface area contributed by atoms with Crippen molar-refractivity contribution in [2.45, 2.75) is 38.5 Å². The largest absolute Gasteiger partial charge is 0.326 e. The average Bonchev–Trinajstić information content (AvgIpc) is 3.32. The first-order chi connectivity index (χ1) is 15.0. The molecule has 2 aliphatic carbocycles. The Labute approximate surface area is 187 Å². The van der Waals surface area contributed by atoms with Gasteiger partial charge in [0.25, 0.3) is 0 Å². The standard InChI is InChI=1S/C26H26ClFN2O/c1-15(26(31)30-22-4-2-3-20(27)13-22)16-9-17-11-19(12-18(17)10-16)23-7-8-29-25-6-5-21(28)14-24(23)25/h2-8,13-19H,9-12H2,1H3,(H,30,31)/t15?,16-,17-,18+,19+. The van der Waals surface area contributed by atoms with Crippen LogP contribution in [0.2, 0.25) is 5.02 Å². The van der Waals surface area contributed by atoms with Gasteiger partial charge in [0, 0.05) is 28.2 Å². The fourth-order valence-electron chi connectivity index (χ4n) is 5.86. The predicted molar refractivity (Wildman–Crippen MR) is 123 cm³/mol. The molecule has 3 nitrogen and oxygen atoms in total. The van der Waals surface area contributed by atoms with Crippen molar-refractivity contribution in [3.63, 3.8) is 0 Å². The number of halogens is 2. The van der Waals surface area contributed by atoms with Gasteiger partial charge in [-0.15, -0.1) is 0 Å².